The van der Waals surface area contributed by atoms with Gasteiger partial charge in [-0.05, 0) is 66.1 Å². The predicted octanol–water partition coefficient (Wildman–Crippen LogP) is 6.21. The molecule has 0 unspecified atom stereocenters. The highest BCUT2D eigenvalue weighted by Crippen LogP contribution is 2.27. The Bertz CT molecular complexity index is 1650. The molecule has 0 fully saturated rings. The number of ether oxygens (including phenoxy) is 1. The lowest BCUT2D eigenvalue weighted by atomic mass is 10.0. The van der Waals surface area contributed by atoms with Crippen molar-refractivity contribution in [3.8, 4) is 5.75 Å². The summed E-state index contributed by atoms with van der Waals surface area (Å²) >= 11 is 3.41. The Morgan fingerprint density at radius 3 is 2.16 bits per heavy atom. The highest BCUT2D eigenvalue weighted by Gasteiger charge is 2.34. The first-order valence-electron chi connectivity index (χ1n) is 14.8. The van der Waals surface area contributed by atoms with Gasteiger partial charge in [-0.15, -0.1) is 0 Å². The summed E-state index contributed by atoms with van der Waals surface area (Å²) in [4.78, 5) is 29.9. The van der Waals surface area contributed by atoms with Crippen molar-refractivity contribution in [2.75, 3.05) is 24.5 Å². The zero-order valence-corrected chi connectivity index (χ0v) is 27.8. The minimum atomic E-state index is -4.15. The Kier molecular flexibility index (Phi) is 12.2. The number of carbonyl (C=O) groups is 2. The molecule has 0 aliphatic carbocycles. The number of benzene rings is 4. The largest absolute Gasteiger partial charge is 0.497 e. The number of rotatable bonds is 15. The van der Waals surface area contributed by atoms with Crippen LogP contribution in [0.15, 0.2) is 119 Å². The summed E-state index contributed by atoms with van der Waals surface area (Å²) in [7, 11) is -2.59. The van der Waals surface area contributed by atoms with Gasteiger partial charge in [-0.2, -0.15) is 0 Å². The summed E-state index contributed by atoms with van der Waals surface area (Å²) in [5, 5.41) is 3.00. The van der Waals surface area contributed by atoms with Gasteiger partial charge in [0.15, 0.2) is 0 Å². The van der Waals surface area contributed by atoms with Gasteiger partial charge >= 0.3 is 0 Å². The highest BCUT2D eigenvalue weighted by molar-refractivity contribution is 9.10. The van der Waals surface area contributed by atoms with Gasteiger partial charge in [-0.1, -0.05) is 89.9 Å². The molecule has 0 saturated carbocycles. The van der Waals surface area contributed by atoms with Crippen molar-refractivity contribution < 1.29 is 22.7 Å². The molecule has 0 spiro atoms. The van der Waals surface area contributed by atoms with E-state index < -0.39 is 28.5 Å². The second kappa shape index (κ2) is 16.2. The van der Waals surface area contributed by atoms with Crippen LogP contribution in [0.25, 0.3) is 0 Å². The van der Waals surface area contributed by atoms with E-state index in [1.54, 1.807) is 55.6 Å². The summed E-state index contributed by atoms with van der Waals surface area (Å²) < 4.78 is 35.4. The normalized spacial score (nSPS) is 11.8. The molecule has 0 saturated heterocycles. The molecule has 10 heteroatoms. The molecule has 0 heterocycles. The zero-order valence-electron chi connectivity index (χ0n) is 25.4. The molecule has 0 aliphatic rings. The van der Waals surface area contributed by atoms with Crippen LogP contribution in [-0.4, -0.2) is 51.4 Å². The van der Waals surface area contributed by atoms with E-state index in [0.29, 0.717) is 18.0 Å². The molecule has 0 bridgehead atoms. The number of anilines is 1. The van der Waals surface area contributed by atoms with Gasteiger partial charge in [0.1, 0.15) is 18.3 Å². The lowest BCUT2D eigenvalue weighted by molar-refractivity contribution is -0.140. The van der Waals surface area contributed by atoms with Gasteiger partial charge in [0.25, 0.3) is 10.0 Å². The van der Waals surface area contributed by atoms with E-state index in [0.717, 1.165) is 32.7 Å². The molecule has 0 radical (unpaired) electrons. The monoisotopic (exact) mass is 691 g/mol. The third kappa shape index (κ3) is 9.18. The molecule has 4 aromatic carbocycles. The van der Waals surface area contributed by atoms with Crippen molar-refractivity contribution in [2.24, 2.45) is 0 Å². The Hall–Kier alpha value is -4.15. The van der Waals surface area contributed by atoms with E-state index in [1.165, 1.54) is 17.0 Å². The molecular formula is C35H38BrN3O5S. The molecule has 1 atom stereocenters. The predicted molar refractivity (Wildman–Crippen MR) is 181 cm³/mol. The van der Waals surface area contributed by atoms with Crippen LogP contribution in [0.4, 0.5) is 5.69 Å². The highest BCUT2D eigenvalue weighted by atomic mass is 79.9. The minimum Gasteiger partial charge on any atom is -0.497 e. The van der Waals surface area contributed by atoms with Gasteiger partial charge in [0.05, 0.1) is 17.7 Å². The summed E-state index contributed by atoms with van der Waals surface area (Å²) in [6.45, 7) is 2.05. The first-order chi connectivity index (χ1) is 21.7. The molecule has 8 nitrogen and oxygen atoms in total. The summed E-state index contributed by atoms with van der Waals surface area (Å²) in [6, 6.07) is 30.6. The summed E-state index contributed by atoms with van der Waals surface area (Å²) in [5.41, 5.74) is 1.94. The van der Waals surface area contributed by atoms with Crippen LogP contribution in [0.2, 0.25) is 0 Å². The number of sulfonamides is 1. The van der Waals surface area contributed by atoms with Crippen LogP contribution in [0.5, 0.6) is 5.75 Å². The molecule has 0 aliphatic heterocycles. The van der Waals surface area contributed by atoms with Gasteiger partial charge in [0.2, 0.25) is 11.8 Å². The van der Waals surface area contributed by atoms with Gasteiger partial charge < -0.3 is 15.0 Å². The summed E-state index contributed by atoms with van der Waals surface area (Å²) in [5.74, 6) is -0.216. The number of amides is 2. The van der Waals surface area contributed by atoms with Crippen molar-refractivity contribution in [3.05, 3.63) is 125 Å². The topological polar surface area (TPSA) is 96.0 Å². The van der Waals surface area contributed by atoms with Crippen LogP contribution in [-0.2, 0) is 32.6 Å². The Morgan fingerprint density at radius 2 is 1.51 bits per heavy atom. The number of nitrogens with one attached hydrogen (secondary N) is 1. The van der Waals surface area contributed by atoms with E-state index in [1.807, 2.05) is 55.5 Å². The maximum Gasteiger partial charge on any atom is 0.264 e. The van der Waals surface area contributed by atoms with Crippen LogP contribution in [0.3, 0.4) is 0 Å². The fourth-order valence-electron chi connectivity index (χ4n) is 4.88. The SMILES string of the molecule is CCCCNC(=O)[C@H](Cc1ccccc1)N(Cc1cccc(OC)c1)C(=O)CN(c1ccc(Br)cc1)S(=O)(=O)c1ccccc1. The maximum atomic E-state index is 14.5. The molecule has 4 rings (SSSR count). The number of nitrogens with zero attached hydrogens (tertiary/aromatic N) is 2. The second-order valence-corrected chi connectivity index (χ2v) is 13.3. The Balaban J connectivity index is 1.79. The summed E-state index contributed by atoms with van der Waals surface area (Å²) in [6.07, 6.45) is 1.94. The molecule has 1 N–H and O–H groups in total. The third-order valence-electron chi connectivity index (χ3n) is 7.31. The van der Waals surface area contributed by atoms with Crippen molar-refractivity contribution in [2.45, 2.75) is 43.7 Å². The first kappa shape index (κ1) is 33.7. The molecular weight excluding hydrogens is 654 g/mol. The fourth-order valence-corrected chi connectivity index (χ4v) is 6.58. The van der Waals surface area contributed by atoms with E-state index >= 15 is 0 Å². The van der Waals surface area contributed by atoms with Crippen LogP contribution in [0.1, 0.15) is 30.9 Å². The number of hydrogen-bond donors (Lipinski definition) is 1. The van der Waals surface area contributed by atoms with E-state index in [2.05, 4.69) is 21.2 Å². The number of hydrogen-bond acceptors (Lipinski definition) is 5. The van der Waals surface area contributed by atoms with Crippen molar-refractivity contribution in [3.63, 3.8) is 0 Å². The number of unbranched alkanes of at least 4 members (excludes halogenated alkanes) is 1. The van der Waals surface area contributed by atoms with Crippen molar-refractivity contribution in [1.82, 2.24) is 10.2 Å². The van der Waals surface area contributed by atoms with Gasteiger partial charge in [-0.25, -0.2) is 8.42 Å². The molecule has 4 aromatic rings. The van der Waals surface area contributed by atoms with Crippen LogP contribution >= 0.6 is 15.9 Å². The minimum absolute atomic E-state index is 0.0539. The number of carbonyl (C=O) groups excluding carboxylic acids is 2. The fraction of sp³-hybridized carbons (Fsp3) is 0.257. The Morgan fingerprint density at radius 1 is 0.867 bits per heavy atom. The third-order valence-corrected chi connectivity index (χ3v) is 9.63. The average molecular weight is 693 g/mol. The first-order valence-corrected chi connectivity index (χ1v) is 17.0. The standard InChI is InChI=1S/C35H38BrN3O5S/c1-3-4-22-37-35(41)33(24-27-12-7-5-8-13-27)38(25-28-14-11-15-31(23-28)44-2)34(40)26-39(30-20-18-29(36)19-21-30)45(42,43)32-16-9-6-10-17-32/h5-21,23,33H,3-4,22,24-26H2,1-2H3,(H,37,41)/t33-/m0/s1. The van der Waals surface area contributed by atoms with Crippen molar-refractivity contribution in [1.29, 1.82) is 0 Å². The molecule has 45 heavy (non-hydrogen) atoms. The van der Waals surface area contributed by atoms with Gasteiger partial charge in [0, 0.05) is 24.0 Å². The number of methoxy groups -OCH3 is 1. The lowest BCUT2D eigenvalue weighted by Gasteiger charge is -2.34. The lowest BCUT2D eigenvalue weighted by Crippen LogP contribution is -2.53. The molecule has 0 aromatic heterocycles. The van der Waals surface area contributed by atoms with Gasteiger partial charge in [-0.3, -0.25) is 13.9 Å². The van der Waals surface area contributed by atoms with Crippen molar-refractivity contribution >= 4 is 43.5 Å². The Labute approximate surface area is 274 Å². The van der Waals surface area contributed by atoms with E-state index in [-0.39, 0.29) is 23.8 Å². The van der Waals surface area contributed by atoms with E-state index in [9.17, 15) is 18.0 Å². The average Bonchev–Trinajstić information content (AvgIpc) is 3.06. The van der Waals surface area contributed by atoms with Crippen LogP contribution < -0.4 is 14.4 Å². The van der Waals surface area contributed by atoms with E-state index in [4.69, 9.17) is 4.74 Å². The second-order valence-electron chi connectivity index (χ2n) is 10.5. The van der Waals surface area contributed by atoms with Crippen LogP contribution in [0, 0.1) is 0 Å². The molecule has 236 valence electrons. The number of halogens is 1. The maximum absolute atomic E-state index is 14.5. The zero-order chi connectivity index (χ0) is 32.2. The smallest absolute Gasteiger partial charge is 0.264 e. The molecule has 2 amide bonds. The quantitative estimate of drug-likeness (QED) is 0.150.